The minimum Gasteiger partial charge on any atom is -0.371 e. The third-order valence-corrected chi connectivity index (χ3v) is 6.56. The second-order valence-electron chi connectivity index (χ2n) is 9.05. The highest BCUT2D eigenvalue weighted by Gasteiger charge is 2.23. The number of carbonyl (C=O) groups is 1. The molecule has 0 fully saturated rings. The van der Waals surface area contributed by atoms with Gasteiger partial charge in [0.15, 0.2) is 5.82 Å². The highest BCUT2D eigenvalue weighted by Crippen LogP contribution is 2.38. The molecule has 1 aromatic heterocycles. The number of amides is 1. The predicted molar refractivity (Wildman–Crippen MR) is 154 cm³/mol. The van der Waals surface area contributed by atoms with E-state index in [4.69, 9.17) is 9.97 Å². The van der Waals surface area contributed by atoms with E-state index in [1.54, 1.807) is 11.8 Å². The SMILES string of the molecule is CCCN(CCC(=O)Nc1c(SC(C)C)nc(C)nc1N(CCC)c1ccccc1)c1ccccc1. The second-order valence-corrected chi connectivity index (χ2v) is 10.6. The minimum atomic E-state index is -0.0316. The maximum atomic E-state index is 13.3. The first kappa shape index (κ1) is 27.5. The quantitative estimate of drug-likeness (QED) is 0.198. The summed E-state index contributed by atoms with van der Waals surface area (Å²) < 4.78 is 0. The fourth-order valence-electron chi connectivity index (χ4n) is 4.05. The molecule has 3 rings (SSSR count). The van der Waals surface area contributed by atoms with Crippen molar-refractivity contribution in [1.82, 2.24) is 9.97 Å². The summed E-state index contributed by atoms with van der Waals surface area (Å²) in [6, 6.07) is 20.5. The number of para-hydroxylation sites is 2. The molecule has 0 aliphatic heterocycles. The number of rotatable bonds is 13. The molecule has 0 saturated carbocycles. The maximum Gasteiger partial charge on any atom is 0.226 e. The Kier molecular flexibility index (Phi) is 10.6. The van der Waals surface area contributed by atoms with Crippen molar-refractivity contribution >= 4 is 40.5 Å². The van der Waals surface area contributed by atoms with Gasteiger partial charge in [-0.25, -0.2) is 9.97 Å². The van der Waals surface area contributed by atoms with Gasteiger partial charge in [0.05, 0.1) is 0 Å². The number of nitrogens with one attached hydrogen (secondary N) is 1. The van der Waals surface area contributed by atoms with Crippen LogP contribution < -0.4 is 15.1 Å². The van der Waals surface area contributed by atoms with Crippen molar-refractivity contribution in [2.45, 2.75) is 64.2 Å². The molecule has 0 bridgehead atoms. The summed E-state index contributed by atoms with van der Waals surface area (Å²) in [4.78, 5) is 27.3. The van der Waals surface area contributed by atoms with Crippen LogP contribution in [0, 0.1) is 6.92 Å². The van der Waals surface area contributed by atoms with Crippen LogP contribution in [0.1, 0.15) is 52.8 Å². The van der Waals surface area contributed by atoms with Crippen LogP contribution in [0.25, 0.3) is 0 Å². The van der Waals surface area contributed by atoms with Gasteiger partial charge < -0.3 is 15.1 Å². The van der Waals surface area contributed by atoms with Crippen molar-refractivity contribution in [3.8, 4) is 0 Å². The van der Waals surface area contributed by atoms with Crippen LogP contribution in [-0.4, -0.2) is 40.8 Å². The van der Waals surface area contributed by atoms with Crippen molar-refractivity contribution in [2.24, 2.45) is 0 Å². The zero-order valence-electron chi connectivity index (χ0n) is 22.2. The van der Waals surface area contributed by atoms with Crippen LogP contribution in [0.2, 0.25) is 0 Å². The molecule has 6 nitrogen and oxygen atoms in total. The molecule has 192 valence electrons. The van der Waals surface area contributed by atoms with Crippen LogP contribution in [0.4, 0.5) is 22.9 Å². The molecule has 7 heteroatoms. The molecule has 0 spiro atoms. The number of aryl methyl sites for hydroxylation is 1. The van der Waals surface area contributed by atoms with Gasteiger partial charge in [-0.05, 0) is 44.0 Å². The van der Waals surface area contributed by atoms with Gasteiger partial charge in [0.25, 0.3) is 0 Å². The molecule has 0 radical (unpaired) electrons. The summed E-state index contributed by atoms with van der Waals surface area (Å²) in [7, 11) is 0. The van der Waals surface area contributed by atoms with E-state index >= 15 is 0 Å². The molecule has 2 aromatic carbocycles. The zero-order valence-corrected chi connectivity index (χ0v) is 23.0. The summed E-state index contributed by atoms with van der Waals surface area (Å²) in [5.41, 5.74) is 2.88. The highest BCUT2D eigenvalue weighted by atomic mass is 32.2. The Labute approximate surface area is 220 Å². The Bertz CT molecular complexity index is 1090. The molecule has 0 saturated heterocycles. The number of benzene rings is 2. The molecule has 1 N–H and O–H groups in total. The lowest BCUT2D eigenvalue weighted by atomic mass is 10.2. The van der Waals surface area contributed by atoms with E-state index in [1.807, 2.05) is 43.3 Å². The zero-order chi connectivity index (χ0) is 25.9. The van der Waals surface area contributed by atoms with Gasteiger partial charge in [0, 0.05) is 42.7 Å². The number of hydrogen-bond acceptors (Lipinski definition) is 6. The predicted octanol–water partition coefficient (Wildman–Crippen LogP) is 7.08. The lowest BCUT2D eigenvalue weighted by Gasteiger charge is -2.28. The lowest BCUT2D eigenvalue weighted by Crippen LogP contribution is -2.29. The monoisotopic (exact) mass is 505 g/mol. The third kappa shape index (κ3) is 7.72. The number of hydrogen-bond donors (Lipinski definition) is 1. The highest BCUT2D eigenvalue weighted by molar-refractivity contribution is 8.00. The molecule has 36 heavy (non-hydrogen) atoms. The fourth-order valence-corrected chi connectivity index (χ4v) is 4.94. The van der Waals surface area contributed by atoms with Gasteiger partial charge in [-0.1, -0.05) is 64.1 Å². The summed E-state index contributed by atoms with van der Waals surface area (Å²) in [5.74, 6) is 1.41. The van der Waals surface area contributed by atoms with Crippen molar-refractivity contribution in [3.63, 3.8) is 0 Å². The van der Waals surface area contributed by atoms with Crippen LogP contribution in [0.15, 0.2) is 65.7 Å². The second kappa shape index (κ2) is 13.9. The first-order valence-electron chi connectivity index (χ1n) is 12.9. The lowest BCUT2D eigenvalue weighted by molar-refractivity contribution is -0.116. The molecule has 1 heterocycles. The number of carbonyl (C=O) groups excluding carboxylic acids is 1. The van der Waals surface area contributed by atoms with Crippen molar-refractivity contribution in [1.29, 1.82) is 0 Å². The van der Waals surface area contributed by atoms with Gasteiger partial charge in [-0.3, -0.25) is 4.79 Å². The average molecular weight is 506 g/mol. The summed E-state index contributed by atoms with van der Waals surface area (Å²) in [6.07, 6.45) is 2.35. The van der Waals surface area contributed by atoms with Crippen LogP contribution >= 0.6 is 11.8 Å². The van der Waals surface area contributed by atoms with Crippen molar-refractivity contribution in [2.75, 3.05) is 34.8 Å². The molecule has 0 atom stereocenters. The Balaban J connectivity index is 1.91. The molecular weight excluding hydrogens is 466 g/mol. The summed E-state index contributed by atoms with van der Waals surface area (Å²) in [6.45, 7) is 12.8. The fraction of sp³-hybridized carbons (Fsp3) is 0.414. The Hall–Kier alpha value is -3.06. The van der Waals surface area contributed by atoms with E-state index < -0.39 is 0 Å². The minimum absolute atomic E-state index is 0.0316. The number of thioether (sulfide) groups is 1. The Morgan fingerprint density at radius 1 is 0.889 bits per heavy atom. The van der Waals surface area contributed by atoms with E-state index in [0.29, 0.717) is 29.7 Å². The largest absolute Gasteiger partial charge is 0.371 e. The standard InChI is InChI=1S/C29H39N5OS/c1-6-19-33(24-14-10-8-11-15-24)21-18-26(35)32-27-28(30-23(5)31-29(27)36-22(3)4)34(20-7-2)25-16-12-9-13-17-25/h8-17,22H,6-7,18-21H2,1-5H3,(H,32,35). The molecule has 0 aliphatic rings. The number of aromatic nitrogens is 2. The molecular formula is C29H39N5OS. The van der Waals surface area contributed by atoms with Crippen molar-refractivity contribution < 1.29 is 4.79 Å². The maximum absolute atomic E-state index is 13.3. The molecule has 0 aliphatic carbocycles. The first-order valence-corrected chi connectivity index (χ1v) is 13.8. The van der Waals surface area contributed by atoms with Gasteiger partial charge in [-0.15, -0.1) is 11.8 Å². The average Bonchev–Trinajstić information content (AvgIpc) is 2.87. The Morgan fingerprint density at radius 2 is 1.50 bits per heavy atom. The van der Waals surface area contributed by atoms with E-state index in [1.165, 1.54) is 0 Å². The third-order valence-electron chi connectivity index (χ3n) is 5.57. The van der Waals surface area contributed by atoms with E-state index in [0.717, 1.165) is 48.1 Å². The Morgan fingerprint density at radius 3 is 2.08 bits per heavy atom. The summed E-state index contributed by atoms with van der Waals surface area (Å²) in [5, 5.41) is 4.34. The van der Waals surface area contributed by atoms with E-state index in [-0.39, 0.29) is 5.91 Å². The van der Waals surface area contributed by atoms with Crippen LogP contribution in [0.5, 0.6) is 0 Å². The van der Waals surface area contributed by atoms with E-state index in [9.17, 15) is 4.79 Å². The molecule has 0 unspecified atom stereocenters. The molecule has 1 amide bonds. The normalized spacial score (nSPS) is 10.9. The summed E-state index contributed by atoms with van der Waals surface area (Å²) >= 11 is 1.65. The van der Waals surface area contributed by atoms with Gasteiger partial charge in [0.2, 0.25) is 5.91 Å². The van der Waals surface area contributed by atoms with E-state index in [2.05, 4.69) is 67.1 Å². The van der Waals surface area contributed by atoms with Gasteiger partial charge in [0.1, 0.15) is 16.5 Å². The van der Waals surface area contributed by atoms with Crippen LogP contribution in [0.3, 0.4) is 0 Å². The first-order chi connectivity index (χ1) is 17.4. The smallest absolute Gasteiger partial charge is 0.226 e. The topological polar surface area (TPSA) is 61.4 Å². The van der Waals surface area contributed by atoms with Gasteiger partial charge in [-0.2, -0.15) is 0 Å². The number of nitrogens with zero attached hydrogens (tertiary/aromatic N) is 4. The molecule has 3 aromatic rings. The van der Waals surface area contributed by atoms with Crippen molar-refractivity contribution in [3.05, 3.63) is 66.5 Å². The van der Waals surface area contributed by atoms with Gasteiger partial charge >= 0.3 is 0 Å². The number of anilines is 4. The van der Waals surface area contributed by atoms with Crippen LogP contribution in [-0.2, 0) is 4.79 Å².